The highest BCUT2D eigenvalue weighted by Crippen LogP contribution is 2.36. The lowest BCUT2D eigenvalue weighted by atomic mass is 9.82. The van der Waals surface area contributed by atoms with E-state index < -0.39 is 0 Å². The summed E-state index contributed by atoms with van der Waals surface area (Å²) in [6, 6.07) is 0. The third kappa shape index (κ3) is 4.94. The summed E-state index contributed by atoms with van der Waals surface area (Å²) in [7, 11) is 0. The Hall–Kier alpha value is -0.120. The van der Waals surface area contributed by atoms with Crippen LogP contribution < -0.4 is 5.32 Å². The normalized spacial score (nSPS) is 19.9. The summed E-state index contributed by atoms with van der Waals surface area (Å²) < 4.78 is 5.30. The van der Waals surface area contributed by atoms with Crippen molar-refractivity contribution in [3.8, 4) is 0 Å². The summed E-state index contributed by atoms with van der Waals surface area (Å²) in [5, 5.41) is 3.44. The molecule has 1 fully saturated rings. The molecule has 3 heteroatoms. The fourth-order valence-corrected chi connectivity index (χ4v) is 2.70. The molecule has 0 aliphatic carbocycles. The zero-order valence-electron chi connectivity index (χ0n) is 11.9. The molecule has 0 amide bonds. The molecule has 0 aromatic rings. The van der Waals surface area contributed by atoms with Crippen LogP contribution >= 0.6 is 0 Å². The first-order valence-corrected chi connectivity index (χ1v) is 7.27. The molecule has 0 spiro atoms. The molecule has 1 heterocycles. The average molecular weight is 242 g/mol. The standard InChI is InChI=1S/C14H30N2O/c1-4-14(5-2)7-10-16(13-14)11-8-15-9-12-17-6-3/h15H,4-13H2,1-3H3. The lowest BCUT2D eigenvalue weighted by Gasteiger charge is -2.26. The van der Waals surface area contributed by atoms with Gasteiger partial charge in [0.2, 0.25) is 0 Å². The molecule has 1 saturated heterocycles. The van der Waals surface area contributed by atoms with Gasteiger partial charge in [-0.1, -0.05) is 13.8 Å². The van der Waals surface area contributed by atoms with Gasteiger partial charge in [-0.3, -0.25) is 0 Å². The largest absolute Gasteiger partial charge is 0.380 e. The van der Waals surface area contributed by atoms with Crippen molar-refractivity contribution in [1.82, 2.24) is 10.2 Å². The van der Waals surface area contributed by atoms with Crippen molar-refractivity contribution < 1.29 is 4.74 Å². The van der Waals surface area contributed by atoms with Gasteiger partial charge < -0.3 is 15.0 Å². The smallest absolute Gasteiger partial charge is 0.0590 e. The molecule has 0 bridgehead atoms. The van der Waals surface area contributed by atoms with Crippen LogP contribution in [0.4, 0.5) is 0 Å². The van der Waals surface area contributed by atoms with E-state index in [0.717, 1.165) is 26.3 Å². The van der Waals surface area contributed by atoms with Crippen molar-refractivity contribution >= 4 is 0 Å². The van der Waals surface area contributed by atoms with Crippen molar-refractivity contribution in [2.75, 3.05) is 45.9 Å². The quantitative estimate of drug-likeness (QED) is 0.627. The number of ether oxygens (including phenoxy) is 1. The van der Waals surface area contributed by atoms with Gasteiger partial charge in [-0.05, 0) is 38.1 Å². The fraction of sp³-hybridized carbons (Fsp3) is 1.00. The van der Waals surface area contributed by atoms with Gasteiger partial charge >= 0.3 is 0 Å². The molecule has 1 aliphatic heterocycles. The highest BCUT2D eigenvalue weighted by Gasteiger charge is 2.34. The van der Waals surface area contributed by atoms with Crippen LogP contribution in [-0.2, 0) is 4.74 Å². The molecule has 102 valence electrons. The van der Waals surface area contributed by atoms with Crippen LogP contribution in [0.15, 0.2) is 0 Å². The number of rotatable bonds is 9. The third-order valence-corrected chi connectivity index (χ3v) is 4.25. The second kappa shape index (κ2) is 8.06. The number of hydrogen-bond donors (Lipinski definition) is 1. The summed E-state index contributed by atoms with van der Waals surface area (Å²) in [5.74, 6) is 0. The molecule has 0 atom stereocenters. The van der Waals surface area contributed by atoms with Gasteiger partial charge in [0, 0.05) is 32.8 Å². The molecule has 3 nitrogen and oxygen atoms in total. The third-order valence-electron chi connectivity index (χ3n) is 4.25. The molecular formula is C14H30N2O. The Morgan fingerprint density at radius 1 is 1.18 bits per heavy atom. The van der Waals surface area contributed by atoms with Crippen LogP contribution in [0.1, 0.15) is 40.0 Å². The van der Waals surface area contributed by atoms with Crippen LogP contribution in [-0.4, -0.2) is 50.8 Å². The lowest BCUT2D eigenvalue weighted by molar-refractivity contribution is 0.148. The van der Waals surface area contributed by atoms with Crippen LogP contribution in [0.5, 0.6) is 0 Å². The number of nitrogens with one attached hydrogen (secondary N) is 1. The maximum Gasteiger partial charge on any atom is 0.0590 e. The van der Waals surface area contributed by atoms with Gasteiger partial charge in [0.25, 0.3) is 0 Å². The Bertz CT molecular complexity index is 193. The zero-order valence-corrected chi connectivity index (χ0v) is 11.9. The van der Waals surface area contributed by atoms with Gasteiger partial charge in [0.05, 0.1) is 6.61 Å². The molecule has 0 radical (unpaired) electrons. The van der Waals surface area contributed by atoms with Crippen LogP contribution in [0.2, 0.25) is 0 Å². The van der Waals surface area contributed by atoms with Crippen LogP contribution in [0.25, 0.3) is 0 Å². The number of hydrogen-bond acceptors (Lipinski definition) is 3. The maximum absolute atomic E-state index is 5.30. The van der Waals surface area contributed by atoms with Crippen molar-refractivity contribution in [2.45, 2.75) is 40.0 Å². The Balaban J connectivity index is 2.06. The Morgan fingerprint density at radius 3 is 2.53 bits per heavy atom. The van der Waals surface area contributed by atoms with Crippen molar-refractivity contribution in [3.63, 3.8) is 0 Å². The van der Waals surface area contributed by atoms with Crippen LogP contribution in [0, 0.1) is 5.41 Å². The predicted molar refractivity (Wildman–Crippen MR) is 73.4 cm³/mol. The topological polar surface area (TPSA) is 24.5 Å². The first-order valence-electron chi connectivity index (χ1n) is 7.27. The summed E-state index contributed by atoms with van der Waals surface area (Å²) in [6.07, 6.45) is 4.05. The van der Waals surface area contributed by atoms with E-state index in [1.165, 1.54) is 38.9 Å². The highest BCUT2D eigenvalue weighted by atomic mass is 16.5. The summed E-state index contributed by atoms with van der Waals surface area (Å²) in [4.78, 5) is 2.61. The molecule has 0 unspecified atom stereocenters. The summed E-state index contributed by atoms with van der Waals surface area (Å²) >= 11 is 0. The van der Waals surface area contributed by atoms with E-state index in [1.807, 2.05) is 6.92 Å². The lowest BCUT2D eigenvalue weighted by Crippen LogP contribution is -2.33. The summed E-state index contributed by atoms with van der Waals surface area (Å²) in [6.45, 7) is 14.2. The van der Waals surface area contributed by atoms with Gasteiger partial charge in [-0.15, -0.1) is 0 Å². The minimum Gasteiger partial charge on any atom is -0.380 e. The van der Waals surface area contributed by atoms with Crippen LogP contribution in [0.3, 0.4) is 0 Å². The van der Waals surface area contributed by atoms with Gasteiger partial charge in [0.1, 0.15) is 0 Å². The monoisotopic (exact) mass is 242 g/mol. The maximum atomic E-state index is 5.30. The molecule has 1 rings (SSSR count). The Kier molecular flexibility index (Phi) is 7.09. The Morgan fingerprint density at radius 2 is 1.94 bits per heavy atom. The van der Waals surface area contributed by atoms with Gasteiger partial charge in [-0.2, -0.15) is 0 Å². The molecule has 17 heavy (non-hydrogen) atoms. The second-order valence-electron chi connectivity index (χ2n) is 5.18. The van der Waals surface area contributed by atoms with Crippen molar-refractivity contribution in [2.24, 2.45) is 5.41 Å². The number of likely N-dealkylation sites (tertiary alicyclic amines) is 1. The van der Waals surface area contributed by atoms with E-state index in [2.05, 4.69) is 24.1 Å². The van der Waals surface area contributed by atoms with E-state index in [-0.39, 0.29) is 0 Å². The van der Waals surface area contributed by atoms with E-state index in [1.54, 1.807) is 0 Å². The second-order valence-corrected chi connectivity index (χ2v) is 5.18. The van der Waals surface area contributed by atoms with Gasteiger partial charge in [-0.25, -0.2) is 0 Å². The van der Waals surface area contributed by atoms with E-state index in [0.29, 0.717) is 5.41 Å². The van der Waals surface area contributed by atoms with E-state index in [9.17, 15) is 0 Å². The molecular weight excluding hydrogens is 212 g/mol. The predicted octanol–water partition coefficient (Wildman–Crippen LogP) is 2.12. The minimum absolute atomic E-state index is 0.616. The van der Waals surface area contributed by atoms with Crippen molar-refractivity contribution in [1.29, 1.82) is 0 Å². The minimum atomic E-state index is 0.616. The summed E-state index contributed by atoms with van der Waals surface area (Å²) in [5.41, 5.74) is 0.616. The molecule has 1 aliphatic rings. The first-order chi connectivity index (χ1) is 8.26. The zero-order chi connectivity index (χ0) is 12.6. The fourth-order valence-electron chi connectivity index (χ4n) is 2.70. The highest BCUT2D eigenvalue weighted by molar-refractivity contribution is 4.87. The SMILES string of the molecule is CCOCCNCCN1CCC(CC)(CC)C1. The van der Waals surface area contributed by atoms with Crippen molar-refractivity contribution in [3.05, 3.63) is 0 Å². The molecule has 1 N–H and O–H groups in total. The number of nitrogens with zero attached hydrogens (tertiary/aromatic N) is 1. The van der Waals surface area contributed by atoms with E-state index in [4.69, 9.17) is 4.74 Å². The van der Waals surface area contributed by atoms with E-state index >= 15 is 0 Å². The Labute approximate surface area is 107 Å². The van der Waals surface area contributed by atoms with Gasteiger partial charge in [0.15, 0.2) is 0 Å². The molecule has 0 aromatic carbocycles. The first kappa shape index (κ1) is 14.9. The molecule has 0 saturated carbocycles. The molecule has 0 aromatic heterocycles. The average Bonchev–Trinajstić information content (AvgIpc) is 2.78.